The van der Waals surface area contributed by atoms with Crippen molar-refractivity contribution in [1.82, 2.24) is 14.8 Å². The topological polar surface area (TPSA) is 114 Å². The van der Waals surface area contributed by atoms with E-state index in [-0.39, 0.29) is 28.9 Å². The maximum Gasteiger partial charge on any atom is 0.573 e. The van der Waals surface area contributed by atoms with Crippen molar-refractivity contribution in [2.75, 3.05) is 23.1 Å². The summed E-state index contributed by atoms with van der Waals surface area (Å²) < 4.78 is 77.4. The molecule has 5 rings (SSSR count). The highest BCUT2D eigenvalue weighted by Crippen LogP contribution is 2.33. The zero-order chi connectivity index (χ0) is 33.0. The van der Waals surface area contributed by atoms with Gasteiger partial charge in [-0.25, -0.2) is 23.2 Å². The van der Waals surface area contributed by atoms with E-state index < -0.39 is 41.7 Å². The third-order valence-electron chi connectivity index (χ3n) is 6.43. The molecule has 46 heavy (non-hydrogen) atoms. The van der Waals surface area contributed by atoms with Crippen molar-refractivity contribution in [2.24, 2.45) is 4.99 Å². The molecule has 0 radical (unpaired) electrons. The number of aliphatic imine (C=N–C) groups is 1. The van der Waals surface area contributed by atoms with Gasteiger partial charge in [0.05, 0.1) is 18.0 Å². The first-order valence-corrected chi connectivity index (χ1v) is 14.4. The van der Waals surface area contributed by atoms with Crippen LogP contribution in [0.1, 0.15) is 22.5 Å². The lowest BCUT2D eigenvalue weighted by atomic mass is 10.1. The molecule has 0 saturated carbocycles. The van der Waals surface area contributed by atoms with Crippen LogP contribution in [0.15, 0.2) is 65.9 Å². The van der Waals surface area contributed by atoms with E-state index in [1.807, 2.05) is 25.1 Å². The molecule has 4 aromatic rings. The number of amidine groups is 1. The number of hydrogen-bond acceptors (Lipinski definition) is 7. The molecule has 240 valence electrons. The zero-order valence-corrected chi connectivity index (χ0v) is 24.9. The molecule has 1 fully saturated rings. The highest BCUT2D eigenvalue weighted by atomic mass is 32.2. The number of rotatable bonds is 8. The normalized spacial score (nSPS) is 16.0. The summed E-state index contributed by atoms with van der Waals surface area (Å²) in [7, 11) is 1.53. The molecule has 10 nitrogen and oxygen atoms in total. The molecule has 1 aromatic heterocycles. The van der Waals surface area contributed by atoms with Crippen molar-refractivity contribution in [3.8, 4) is 11.4 Å². The van der Waals surface area contributed by atoms with Gasteiger partial charge < -0.3 is 19.9 Å². The molecular formula is C30H25F5N6O4S. The van der Waals surface area contributed by atoms with E-state index in [1.54, 1.807) is 0 Å². The van der Waals surface area contributed by atoms with Crippen LogP contribution in [0.2, 0.25) is 0 Å². The van der Waals surface area contributed by atoms with Crippen LogP contribution in [-0.4, -0.2) is 56.5 Å². The summed E-state index contributed by atoms with van der Waals surface area (Å²) in [5.74, 6) is -2.17. The summed E-state index contributed by atoms with van der Waals surface area (Å²) in [4.78, 5) is 22.3. The van der Waals surface area contributed by atoms with E-state index in [4.69, 9.17) is 4.74 Å². The number of nitrogens with zero attached hydrogens (tertiary/aromatic N) is 5. The van der Waals surface area contributed by atoms with Crippen LogP contribution >= 0.6 is 11.8 Å². The van der Waals surface area contributed by atoms with E-state index in [0.29, 0.717) is 11.4 Å². The number of halogens is 5. The molecule has 0 spiro atoms. The van der Waals surface area contributed by atoms with E-state index >= 15 is 0 Å². The van der Waals surface area contributed by atoms with E-state index in [0.717, 1.165) is 47.2 Å². The summed E-state index contributed by atoms with van der Waals surface area (Å²) in [5, 5.41) is 17.1. The van der Waals surface area contributed by atoms with Crippen LogP contribution in [0.25, 0.3) is 17.8 Å². The van der Waals surface area contributed by atoms with Gasteiger partial charge in [0.1, 0.15) is 35.6 Å². The number of aliphatic hydroxyl groups excluding tert-OH is 1. The number of amides is 2. The molecular weight excluding hydrogens is 635 g/mol. The number of ether oxygens (including phenoxy) is 2. The van der Waals surface area contributed by atoms with Gasteiger partial charge in [-0.3, -0.25) is 4.90 Å². The number of aliphatic hydroxyl groups is 1. The standard InChI is InChI=1S/C30H25F5N6O4S/c1-17-3-5-19(14-44-2)24(11-17)41-26(42)15-46-29(41)38-28(43)37-27-22(31)12-18(13-23(27)32)4-10-25-36-16-40(39-25)20-6-8-21(9-7-20)45-30(33,34)35/h3-13,16,26,42H,14-15H2,1-2H3,(H,37,43)/b10-4+,38-29-. The Kier molecular flexibility index (Phi) is 9.69. The first-order chi connectivity index (χ1) is 21.9. The Bertz CT molecular complexity index is 1770. The third kappa shape index (κ3) is 7.88. The van der Waals surface area contributed by atoms with Crippen LogP contribution in [0.4, 0.5) is 38.1 Å². The summed E-state index contributed by atoms with van der Waals surface area (Å²) in [6.45, 7) is 2.12. The maximum atomic E-state index is 14.9. The van der Waals surface area contributed by atoms with E-state index in [2.05, 4.69) is 25.1 Å². The van der Waals surface area contributed by atoms with Gasteiger partial charge in [-0.15, -0.1) is 18.3 Å². The molecule has 1 saturated heterocycles. The smallest absolute Gasteiger partial charge is 0.406 e. The number of carbonyl (C=O) groups is 1. The molecule has 2 N–H and O–H groups in total. The number of anilines is 2. The van der Waals surface area contributed by atoms with Crippen molar-refractivity contribution >= 4 is 46.5 Å². The fraction of sp³-hybridized carbons (Fsp3) is 0.200. The summed E-state index contributed by atoms with van der Waals surface area (Å²) in [5.41, 5.74) is 2.02. The van der Waals surface area contributed by atoms with E-state index in [9.17, 15) is 31.9 Å². The average Bonchev–Trinajstić information content (AvgIpc) is 3.61. The van der Waals surface area contributed by atoms with Gasteiger partial charge in [0.15, 0.2) is 11.0 Å². The number of urea groups is 1. The maximum absolute atomic E-state index is 14.9. The van der Waals surface area contributed by atoms with Gasteiger partial charge in [-0.05, 0) is 66.6 Å². The molecule has 1 unspecified atom stereocenters. The van der Waals surface area contributed by atoms with Crippen molar-refractivity contribution in [2.45, 2.75) is 26.1 Å². The molecule has 0 bridgehead atoms. The van der Waals surface area contributed by atoms with Crippen LogP contribution < -0.4 is 15.0 Å². The number of aromatic nitrogens is 3. The molecule has 1 aliphatic heterocycles. The minimum absolute atomic E-state index is 0.0927. The zero-order valence-electron chi connectivity index (χ0n) is 24.1. The SMILES string of the molecule is COCc1ccc(C)cc1N1/C(=N/C(=O)Nc2c(F)cc(/C=C/c3ncn(-c4ccc(OC(F)(F)F)cc4)n3)cc2F)SCC1O. The number of carbonyl (C=O) groups excluding carboxylic acids is 1. The number of nitrogens with one attached hydrogen (secondary N) is 1. The fourth-order valence-electron chi connectivity index (χ4n) is 4.42. The Balaban J connectivity index is 1.28. The first-order valence-electron chi connectivity index (χ1n) is 13.4. The molecule has 3 aromatic carbocycles. The summed E-state index contributed by atoms with van der Waals surface area (Å²) in [6.07, 6.45) is -1.79. The molecule has 2 heterocycles. The molecule has 1 atom stereocenters. The van der Waals surface area contributed by atoms with Crippen molar-refractivity contribution < 1.29 is 41.3 Å². The predicted molar refractivity (Wildman–Crippen MR) is 163 cm³/mol. The number of aryl methyl sites for hydroxylation is 1. The van der Waals surface area contributed by atoms with Gasteiger partial charge >= 0.3 is 12.4 Å². The van der Waals surface area contributed by atoms with Crippen LogP contribution in [0, 0.1) is 18.6 Å². The number of methoxy groups -OCH3 is 1. The number of thioether (sulfide) groups is 1. The number of alkyl halides is 3. The molecule has 0 aliphatic carbocycles. The minimum atomic E-state index is -4.82. The Morgan fingerprint density at radius 1 is 1.13 bits per heavy atom. The Morgan fingerprint density at radius 2 is 1.85 bits per heavy atom. The van der Waals surface area contributed by atoms with Gasteiger partial charge in [-0.1, -0.05) is 30.0 Å². The quantitative estimate of drug-likeness (QED) is 0.205. The second-order valence-corrected chi connectivity index (χ2v) is 10.8. The Morgan fingerprint density at radius 3 is 2.52 bits per heavy atom. The van der Waals surface area contributed by atoms with Gasteiger partial charge in [0, 0.05) is 18.4 Å². The van der Waals surface area contributed by atoms with Crippen LogP contribution in [-0.2, 0) is 11.3 Å². The first kappa shape index (κ1) is 32.6. The largest absolute Gasteiger partial charge is 0.573 e. The van der Waals surface area contributed by atoms with Crippen molar-refractivity contribution in [1.29, 1.82) is 0 Å². The van der Waals surface area contributed by atoms with Gasteiger partial charge in [0.25, 0.3) is 0 Å². The third-order valence-corrected chi connectivity index (χ3v) is 7.44. The van der Waals surface area contributed by atoms with Crippen molar-refractivity contribution in [3.05, 3.63) is 95.1 Å². The molecule has 16 heteroatoms. The predicted octanol–water partition coefficient (Wildman–Crippen LogP) is 6.53. The lowest BCUT2D eigenvalue weighted by Crippen LogP contribution is -2.35. The molecule has 1 aliphatic rings. The molecule has 2 amide bonds. The Labute approximate surface area is 263 Å². The average molecular weight is 661 g/mol. The number of benzene rings is 3. The van der Waals surface area contributed by atoms with E-state index in [1.165, 1.54) is 47.3 Å². The minimum Gasteiger partial charge on any atom is -0.406 e. The van der Waals surface area contributed by atoms with Crippen LogP contribution in [0.3, 0.4) is 0 Å². The van der Waals surface area contributed by atoms with Crippen molar-refractivity contribution in [3.63, 3.8) is 0 Å². The lowest BCUT2D eigenvalue weighted by Gasteiger charge is -2.25. The summed E-state index contributed by atoms with van der Waals surface area (Å²) in [6, 6.07) is 11.4. The summed E-state index contributed by atoms with van der Waals surface area (Å²) >= 11 is 1.11. The van der Waals surface area contributed by atoms with Crippen LogP contribution in [0.5, 0.6) is 5.75 Å². The number of hydrogen-bond donors (Lipinski definition) is 2. The van der Waals surface area contributed by atoms with Gasteiger partial charge in [-0.2, -0.15) is 4.99 Å². The lowest BCUT2D eigenvalue weighted by molar-refractivity contribution is -0.274. The monoisotopic (exact) mass is 660 g/mol. The Hall–Kier alpha value is -4.80. The van der Waals surface area contributed by atoms with Gasteiger partial charge in [0.2, 0.25) is 0 Å². The highest BCUT2D eigenvalue weighted by Gasteiger charge is 2.33. The fourth-order valence-corrected chi connectivity index (χ4v) is 5.38. The second-order valence-electron chi connectivity index (χ2n) is 9.83. The second kappa shape index (κ2) is 13.7. The highest BCUT2D eigenvalue weighted by molar-refractivity contribution is 8.14.